The van der Waals surface area contributed by atoms with Gasteiger partial charge in [0.25, 0.3) is 0 Å². The molecule has 7 heteroatoms. The van der Waals surface area contributed by atoms with E-state index in [-0.39, 0.29) is 5.02 Å². The number of benzene rings is 1. The standard InChI is InChI=1S/C9H5Cl2F3O2/c1-16-8(15)5-2-4(10)3-6(11)7(5)9(12,13)14/h2-3H,1H3. The van der Waals surface area contributed by atoms with Crippen LogP contribution in [0.1, 0.15) is 15.9 Å². The molecule has 0 heterocycles. The van der Waals surface area contributed by atoms with Crippen LogP contribution in [0.5, 0.6) is 0 Å². The van der Waals surface area contributed by atoms with Crippen molar-refractivity contribution in [1.29, 1.82) is 0 Å². The number of halogens is 5. The highest BCUT2D eigenvalue weighted by Gasteiger charge is 2.38. The van der Waals surface area contributed by atoms with Crippen LogP contribution in [0.4, 0.5) is 13.2 Å². The van der Waals surface area contributed by atoms with Crippen LogP contribution in [0.15, 0.2) is 12.1 Å². The van der Waals surface area contributed by atoms with Crippen molar-refractivity contribution in [3.05, 3.63) is 33.3 Å². The number of carbonyl (C=O) groups excluding carboxylic acids is 1. The first-order valence-electron chi connectivity index (χ1n) is 3.92. The van der Waals surface area contributed by atoms with E-state index in [1.54, 1.807) is 0 Å². The number of hydrogen-bond donors (Lipinski definition) is 0. The minimum atomic E-state index is -4.74. The summed E-state index contributed by atoms with van der Waals surface area (Å²) in [4.78, 5) is 11.1. The van der Waals surface area contributed by atoms with Gasteiger partial charge in [-0.1, -0.05) is 23.2 Å². The van der Waals surface area contributed by atoms with E-state index in [1.165, 1.54) is 0 Å². The molecule has 0 amide bonds. The molecule has 0 radical (unpaired) electrons. The quantitative estimate of drug-likeness (QED) is 0.727. The second-order valence-electron chi connectivity index (χ2n) is 2.80. The highest BCUT2D eigenvalue weighted by molar-refractivity contribution is 6.35. The first-order valence-corrected chi connectivity index (χ1v) is 4.67. The second-order valence-corrected chi connectivity index (χ2v) is 3.64. The normalized spacial score (nSPS) is 11.4. The van der Waals surface area contributed by atoms with Gasteiger partial charge < -0.3 is 4.74 Å². The molecule has 1 rings (SSSR count). The summed E-state index contributed by atoms with van der Waals surface area (Å²) >= 11 is 10.9. The molecule has 88 valence electrons. The van der Waals surface area contributed by atoms with Gasteiger partial charge in [-0.15, -0.1) is 0 Å². The van der Waals surface area contributed by atoms with Crippen molar-refractivity contribution >= 4 is 29.2 Å². The van der Waals surface area contributed by atoms with Gasteiger partial charge in [0.2, 0.25) is 0 Å². The van der Waals surface area contributed by atoms with E-state index in [2.05, 4.69) is 4.74 Å². The monoisotopic (exact) mass is 272 g/mol. The highest BCUT2D eigenvalue weighted by Crippen LogP contribution is 2.39. The zero-order valence-corrected chi connectivity index (χ0v) is 9.37. The molecule has 0 spiro atoms. The molecule has 0 unspecified atom stereocenters. The molecule has 0 bridgehead atoms. The van der Waals surface area contributed by atoms with Gasteiger partial charge in [0, 0.05) is 5.02 Å². The van der Waals surface area contributed by atoms with Crippen LogP contribution in [0.25, 0.3) is 0 Å². The van der Waals surface area contributed by atoms with Crippen LogP contribution in [-0.2, 0) is 10.9 Å². The fraction of sp³-hybridized carbons (Fsp3) is 0.222. The number of hydrogen-bond acceptors (Lipinski definition) is 2. The van der Waals surface area contributed by atoms with Crippen molar-refractivity contribution < 1.29 is 22.7 Å². The molecule has 1 aromatic carbocycles. The molecule has 2 nitrogen and oxygen atoms in total. The molecular formula is C9H5Cl2F3O2. The third-order valence-corrected chi connectivity index (χ3v) is 2.26. The van der Waals surface area contributed by atoms with Crippen LogP contribution >= 0.6 is 23.2 Å². The Morgan fingerprint density at radius 2 is 1.88 bits per heavy atom. The third kappa shape index (κ3) is 2.59. The van der Waals surface area contributed by atoms with Crippen molar-refractivity contribution in [2.75, 3.05) is 7.11 Å². The maximum atomic E-state index is 12.6. The van der Waals surface area contributed by atoms with Crippen LogP contribution in [0, 0.1) is 0 Å². The summed E-state index contributed by atoms with van der Waals surface area (Å²) in [5, 5.41) is -0.709. The predicted octanol–water partition coefficient (Wildman–Crippen LogP) is 3.80. The Kier molecular flexibility index (Phi) is 3.70. The Bertz CT molecular complexity index is 429. The lowest BCUT2D eigenvalue weighted by Gasteiger charge is -2.13. The molecule has 0 N–H and O–H groups in total. The zero-order chi connectivity index (χ0) is 12.5. The maximum absolute atomic E-state index is 12.6. The van der Waals surface area contributed by atoms with E-state index >= 15 is 0 Å². The Hall–Kier alpha value is -0.940. The molecule has 1 aromatic rings. The summed E-state index contributed by atoms with van der Waals surface area (Å²) in [6.45, 7) is 0. The van der Waals surface area contributed by atoms with E-state index in [1.807, 2.05) is 0 Å². The zero-order valence-electron chi connectivity index (χ0n) is 7.86. The van der Waals surface area contributed by atoms with Gasteiger partial charge in [0.1, 0.15) is 0 Å². The van der Waals surface area contributed by atoms with Crippen LogP contribution < -0.4 is 0 Å². The van der Waals surface area contributed by atoms with Gasteiger partial charge in [-0.2, -0.15) is 13.2 Å². The number of carbonyl (C=O) groups is 1. The predicted molar refractivity (Wildman–Crippen MR) is 52.8 cm³/mol. The molecule has 0 aliphatic rings. The number of methoxy groups -OCH3 is 1. The third-order valence-electron chi connectivity index (χ3n) is 1.74. The summed E-state index contributed by atoms with van der Waals surface area (Å²) in [7, 11) is 0.970. The SMILES string of the molecule is COC(=O)c1cc(Cl)cc(Cl)c1C(F)(F)F. The lowest BCUT2D eigenvalue weighted by atomic mass is 10.1. The number of rotatable bonds is 1. The smallest absolute Gasteiger partial charge is 0.418 e. The lowest BCUT2D eigenvalue weighted by Crippen LogP contribution is -2.15. The average Bonchev–Trinajstić information content (AvgIpc) is 2.12. The van der Waals surface area contributed by atoms with Gasteiger partial charge in [0.05, 0.1) is 23.3 Å². The Labute approximate surface area is 98.9 Å². The lowest BCUT2D eigenvalue weighted by molar-refractivity contribution is -0.138. The first-order chi connectivity index (χ1) is 7.27. The largest absolute Gasteiger partial charge is 0.465 e. The maximum Gasteiger partial charge on any atom is 0.418 e. The minimum absolute atomic E-state index is 0.0709. The summed E-state index contributed by atoms with van der Waals surface area (Å²) in [5.41, 5.74) is -1.95. The van der Waals surface area contributed by atoms with Crippen molar-refractivity contribution in [1.82, 2.24) is 0 Å². The molecule has 0 fully saturated rings. The van der Waals surface area contributed by atoms with Gasteiger partial charge in [0.15, 0.2) is 0 Å². The molecule has 0 saturated carbocycles. The Morgan fingerprint density at radius 1 is 1.31 bits per heavy atom. The number of esters is 1. The minimum Gasteiger partial charge on any atom is -0.465 e. The average molecular weight is 273 g/mol. The molecule has 0 aliphatic heterocycles. The summed E-state index contributed by atoms with van der Waals surface area (Å²) < 4.78 is 42.0. The fourth-order valence-electron chi connectivity index (χ4n) is 1.13. The Morgan fingerprint density at radius 3 is 2.31 bits per heavy atom. The van der Waals surface area contributed by atoms with E-state index < -0.39 is 28.3 Å². The molecule has 0 aromatic heterocycles. The molecule has 0 aliphatic carbocycles. The van der Waals surface area contributed by atoms with Gasteiger partial charge in [-0.25, -0.2) is 4.79 Å². The van der Waals surface area contributed by atoms with Crippen molar-refractivity contribution in [3.63, 3.8) is 0 Å². The van der Waals surface area contributed by atoms with E-state index in [4.69, 9.17) is 23.2 Å². The van der Waals surface area contributed by atoms with Crippen LogP contribution in [-0.4, -0.2) is 13.1 Å². The van der Waals surface area contributed by atoms with Crippen molar-refractivity contribution in [2.24, 2.45) is 0 Å². The molecule has 16 heavy (non-hydrogen) atoms. The topological polar surface area (TPSA) is 26.3 Å². The summed E-state index contributed by atoms with van der Waals surface area (Å²) in [5.74, 6) is -1.14. The number of ether oxygens (including phenoxy) is 1. The number of alkyl halides is 3. The van der Waals surface area contributed by atoms with Gasteiger partial charge >= 0.3 is 12.1 Å². The summed E-state index contributed by atoms with van der Waals surface area (Å²) in [6, 6.07) is 1.78. The molecular weight excluding hydrogens is 268 g/mol. The highest BCUT2D eigenvalue weighted by atomic mass is 35.5. The van der Waals surface area contributed by atoms with Crippen LogP contribution in [0.3, 0.4) is 0 Å². The molecule has 0 saturated heterocycles. The van der Waals surface area contributed by atoms with Crippen LogP contribution in [0.2, 0.25) is 10.0 Å². The second kappa shape index (κ2) is 4.51. The fourth-order valence-corrected chi connectivity index (χ4v) is 1.73. The van der Waals surface area contributed by atoms with E-state index in [0.29, 0.717) is 0 Å². The van der Waals surface area contributed by atoms with Crippen molar-refractivity contribution in [3.8, 4) is 0 Å². The molecule has 0 atom stereocenters. The van der Waals surface area contributed by atoms with E-state index in [9.17, 15) is 18.0 Å². The van der Waals surface area contributed by atoms with E-state index in [0.717, 1.165) is 19.2 Å². The first kappa shape index (κ1) is 13.1. The van der Waals surface area contributed by atoms with Crippen molar-refractivity contribution in [2.45, 2.75) is 6.18 Å². The van der Waals surface area contributed by atoms with Gasteiger partial charge in [-0.05, 0) is 12.1 Å². The Balaban J connectivity index is 3.51. The summed E-state index contributed by atoms with van der Waals surface area (Å²) in [6.07, 6.45) is -4.74. The van der Waals surface area contributed by atoms with Gasteiger partial charge in [-0.3, -0.25) is 0 Å².